The Kier molecular flexibility index (Phi) is 17.9. The van der Waals surface area contributed by atoms with Crippen LogP contribution in [0.5, 0.6) is 5.75 Å². The van der Waals surface area contributed by atoms with Crippen LogP contribution in [0.3, 0.4) is 0 Å². The number of para-hydroxylation sites is 1. The van der Waals surface area contributed by atoms with E-state index in [1.807, 2.05) is 61.2 Å². The maximum absolute atomic E-state index is 13.2. The molecule has 2 fully saturated rings. The third kappa shape index (κ3) is 10.9. The number of amides is 2. The van der Waals surface area contributed by atoms with E-state index in [0.29, 0.717) is 19.6 Å². The summed E-state index contributed by atoms with van der Waals surface area (Å²) in [6, 6.07) is 9.39. The maximum Gasteiger partial charge on any atom is 0.328 e. The zero-order chi connectivity index (χ0) is 29.0. The van der Waals surface area contributed by atoms with E-state index >= 15 is 0 Å². The molecule has 8 nitrogen and oxygen atoms in total. The van der Waals surface area contributed by atoms with Crippen molar-refractivity contribution in [1.82, 2.24) is 4.90 Å². The first-order valence-electron chi connectivity index (χ1n) is 13.4. The van der Waals surface area contributed by atoms with Crippen LogP contribution in [0.2, 0.25) is 0 Å². The lowest BCUT2D eigenvalue weighted by atomic mass is 9.97. The number of hydrogen-bond donors (Lipinski definition) is 1. The smallest absolute Gasteiger partial charge is 0.328 e. The molecule has 2 unspecified atom stereocenters. The molecule has 2 amide bonds. The van der Waals surface area contributed by atoms with Gasteiger partial charge >= 0.3 is 5.97 Å². The van der Waals surface area contributed by atoms with Crippen molar-refractivity contribution in [3.63, 3.8) is 0 Å². The van der Waals surface area contributed by atoms with Crippen LogP contribution in [-0.2, 0) is 23.9 Å². The van der Waals surface area contributed by atoms with Crippen LogP contribution in [0.25, 0.3) is 0 Å². The third-order valence-electron chi connectivity index (χ3n) is 6.21. The number of carbonyl (C=O) groups is 4. The van der Waals surface area contributed by atoms with Gasteiger partial charge in [-0.2, -0.15) is 0 Å². The molecule has 1 aromatic rings. The van der Waals surface area contributed by atoms with Gasteiger partial charge in [0.2, 0.25) is 12.3 Å². The predicted octanol–water partition coefficient (Wildman–Crippen LogP) is 5.01. The standard InChI is InChI=1S/C25H33NO4.C2H4O.C2H6.CH3NO/c1-4-11-19(12-10-15-30-20-13-8-7-9-14-20)16-23(27)26-21(24(28)29-6-3)17-25(5-2)18-22(25)26;1-2-3;1-2;2-1-3/h7-14,21-22H,4-6,15-18H2,1-3H3;2H,1H3;1-2H3;1H,(H2,2,3)/b12-10-,19-11+;;;/t21?,22?,25-;;;/m1.../s1. The molecule has 1 heterocycles. The van der Waals surface area contributed by atoms with E-state index in [1.165, 1.54) is 6.92 Å². The highest BCUT2D eigenvalue weighted by Crippen LogP contribution is 2.61. The molecule has 0 bridgehead atoms. The SMILES string of the molecule is CC.CC/C=C(\C=C/COc1ccccc1)CC(=O)N1C(C(=O)OCC)C[C@]2(CC)CC12.CC=O.NC=O. The molecular formula is C30H46N2O6. The number of primary amides is 1. The molecular weight excluding hydrogens is 484 g/mol. The van der Waals surface area contributed by atoms with Gasteiger partial charge in [-0.05, 0) is 68.7 Å². The van der Waals surface area contributed by atoms with Gasteiger partial charge in [-0.1, -0.05) is 58.0 Å². The molecule has 212 valence electrons. The Morgan fingerprint density at radius 1 is 1.11 bits per heavy atom. The van der Waals surface area contributed by atoms with Crippen LogP contribution in [0, 0.1) is 5.41 Å². The molecule has 2 aliphatic rings. The summed E-state index contributed by atoms with van der Waals surface area (Å²) in [4.78, 5) is 44.9. The van der Waals surface area contributed by atoms with Crippen LogP contribution in [-0.4, -0.2) is 54.8 Å². The number of likely N-dealkylation sites (tertiary alicyclic amines) is 1. The van der Waals surface area contributed by atoms with Gasteiger partial charge in [-0.3, -0.25) is 9.59 Å². The van der Waals surface area contributed by atoms with E-state index in [1.54, 1.807) is 6.92 Å². The Labute approximate surface area is 228 Å². The summed E-state index contributed by atoms with van der Waals surface area (Å²) in [6.07, 6.45) is 10.8. The fraction of sp³-hybridized carbons (Fsp3) is 0.533. The van der Waals surface area contributed by atoms with Gasteiger partial charge in [0.05, 0.1) is 13.0 Å². The van der Waals surface area contributed by atoms with Gasteiger partial charge in [0.1, 0.15) is 24.7 Å². The van der Waals surface area contributed by atoms with Crippen LogP contribution < -0.4 is 10.5 Å². The minimum Gasteiger partial charge on any atom is -0.490 e. The summed E-state index contributed by atoms with van der Waals surface area (Å²) >= 11 is 0. The van der Waals surface area contributed by atoms with E-state index in [4.69, 9.17) is 19.1 Å². The molecule has 0 radical (unpaired) electrons. The minimum absolute atomic E-state index is 0.0132. The van der Waals surface area contributed by atoms with Crippen molar-refractivity contribution in [1.29, 1.82) is 0 Å². The summed E-state index contributed by atoms with van der Waals surface area (Å²) in [6.45, 7) is 12.2. The first-order valence-corrected chi connectivity index (χ1v) is 13.4. The fourth-order valence-electron chi connectivity index (χ4n) is 4.53. The summed E-state index contributed by atoms with van der Waals surface area (Å²) in [5.74, 6) is 0.566. The highest BCUT2D eigenvalue weighted by Gasteiger charge is 2.66. The number of carbonyl (C=O) groups excluding carboxylic acids is 4. The topological polar surface area (TPSA) is 116 Å². The first-order chi connectivity index (χ1) is 18.4. The largest absolute Gasteiger partial charge is 0.490 e. The van der Waals surface area contributed by atoms with Crippen molar-refractivity contribution in [2.45, 2.75) is 85.7 Å². The maximum atomic E-state index is 13.2. The minimum atomic E-state index is -0.440. The molecule has 38 heavy (non-hydrogen) atoms. The van der Waals surface area contributed by atoms with Crippen LogP contribution in [0.15, 0.2) is 54.1 Å². The number of aldehydes is 1. The number of esters is 1. The Morgan fingerprint density at radius 2 is 1.71 bits per heavy atom. The summed E-state index contributed by atoms with van der Waals surface area (Å²) in [5, 5.41) is 0. The van der Waals surface area contributed by atoms with Gasteiger partial charge in [-0.25, -0.2) is 4.79 Å². The van der Waals surface area contributed by atoms with Crippen LogP contribution >= 0.6 is 0 Å². The van der Waals surface area contributed by atoms with Crippen molar-refractivity contribution < 1.29 is 28.7 Å². The monoisotopic (exact) mass is 530 g/mol. The van der Waals surface area contributed by atoms with Crippen LogP contribution in [0.1, 0.15) is 73.6 Å². The van der Waals surface area contributed by atoms with E-state index in [0.717, 1.165) is 43.3 Å². The van der Waals surface area contributed by atoms with Gasteiger partial charge in [0.15, 0.2) is 0 Å². The highest BCUT2D eigenvalue weighted by atomic mass is 16.5. The van der Waals surface area contributed by atoms with E-state index in [-0.39, 0.29) is 29.7 Å². The third-order valence-corrected chi connectivity index (χ3v) is 6.21. The van der Waals surface area contributed by atoms with Crippen molar-refractivity contribution in [2.75, 3.05) is 13.2 Å². The van der Waals surface area contributed by atoms with Gasteiger partial charge < -0.3 is 24.9 Å². The average molecular weight is 531 g/mol. The number of nitrogens with two attached hydrogens (primary N) is 1. The number of hydrogen-bond acceptors (Lipinski definition) is 6. The van der Waals surface area contributed by atoms with Gasteiger partial charge in [0, 0.05) is 6.04 Å². The van der Waals surface area contributed by atoms with Crippen LogP contribution in [0.4, 0.5) is 0 Å². The molecule has 8 heteroatoms. The quantitative estimate of drug-likeness (QED) is 0.258. The molecule has 0 aromatic heterocycles. The molecule has 1 saturated carbocycles. The second kappa shape index (κ2) is 19.7. The number of nitrogens with zero attached hydrogens (tertiary/aromatic N) is 1. The van der Waals surface area contributed by atoms with Crippen molar-refractivity contribution in [3.05, 3.63) is 54.1 Å². The first kappa shape index (κ1) is 34.6. The number of piperidine rings is 1. The van der Waals surface area contributed by atoms with E-state index in [9.17, 15) is 9.59 Å². The lowest BCUT2D eigenvalue weighted by molar-refractivity contribution is -0.153. The molecule has 3 rings (SSSR count). The molecule has 1 aliphatic heterocycles. The molecule has 1 saturated heterocycles. The molecule has 1 aromatic carbocycles. The Bertz CT molecular complexity index is 893. The van der Waals surface area contributed by atoms with Crippen molar-refractivity contribution >= 4 is 24.6 Å². The number of rotatable bonds is 10. The van der Waals surface area contributed by atoms with E-state index < -0.39 is 6.04 Å². The number of benzene rings is 1. The van der Waals surface area contributed by atoms with E-state index in [2.05, 4.69) is 25.7 Å². The second-order valence-electron chi connectivity index (χ2n) is 8.47. The van der Waals surface area contributed by atoms with Gasteiger partial charge in [0.25, 0.3) is 0 Å². The van der Waals surface area contributed by atoms with Crippen molar-refractivity contribution in [2.24, 2.45) is 11.1 Å². The fourth-order valence-corrected chi connectivity index (χ4v) is 4.53. The lowest BCUT2D eigenvalue weighted by Gasteiger charge is -2.26. The Morgan fingerprint density at radius 3 is 2.24 bits per heavy atom. The molecule has 0 spiro atoms. The zero-order valence-electron chi connectivity index (χ0n) is 23.9. The van der Waals surface area contributed by atoms with Crippen molar-refractivity contribution in [3.8, 4) is 5.75 Å². The predicted molar refractivity (Wildman–Crippen MR) is 150 cm³/mol. The molecule has 1 aliphatic carbocycles. The normalized spacial score (nSPS) is 20.8. The highest BCUT2D eigenvalue weighted by molar-refractivity contribution is 5.88. The Balaban J connectivity index is 0.00000153. The number of allylic oxidation sites excluding steroid dienone is 2. The second-order valence-corrected chi connectivity index (χ2v) is 8.47. The summed E-state index contributed by atoms with van der Waals surface area (Å²) < 4.78 is 11.0. The molecule has 2 N–H and O–H groups in total. The zero-order valence-corrected chi connectivity index (χ0v) is 23.9. The van der Waals surface area contributed by atoms with Gasteiger partial charge in [-0.15, -0.1) is 0 Å². The summed E-state index contributed by atoms with van der Waals surface area (Å²) in [7, 11) is 0. The number of ether oxygens (including phenoxy) is 2. The Hall–Kier alpha value is -3.42. The number of fused-ring (bicyclic) bond motifs is 1. The molecule has 3 atom stereocenters. The average Bonchev–Trinajstić information content (AvgIpc) is 3.53. The lowest BCUT2D eigenvalue weighted by Crippen LogP contribution is -2.44. The summed E-state index contributed by atoms with van der Waals surface area (Å²) in [5.41, 5.74) is 5.23.